The van der Waals surface area contributed by atoms with Crippen LogP contribution in [0.15, 0.2) is 23.9 Å². The van der Waals surface area contributed by atoms with Crippen molar-refractivity contribution in [2.24, 2.45) is 0 Å². The van der Waals surface area contributed by atoms with Gasteiger partial charge in [-0.15, -0.1) is 5.76 Å². The van der Waals surface area contributed by atoms with Crippen molar-refractivity contribution in [2.75, 3.05) is 13.1 Å². The van der Waals surface area contributed by atoms with Crippen LogP contribution in [0.5, 0.6) is 0 Å². The number of carboxylic acid groups (broad SMARTS) is 1. The Kier molecular flexibility index (Phi) is 15.9. The molecule has 0 aromatic rings. The molecule has 24 heavy (non-hydrogen) atoms. The molecule has 0 aliphatic rings. The minimum Gasteiger partial charge on any atom is -0.874 e. The summed E-state index contributed by atoms with van der Waals surface area (Å²) in [4.78, 5) is 12.7. The molecule has 0 aliphatic carbocycles. The summed E-state index contributed by atoms with van der Waals surface area (Å²) in [6.45, 7) is 6.46. The number of unbranched alkanes of at least 4 members (excludes halogenated alkanes) is 2. The number of nitrogens with one attached hydrogen (secondary N) is 1. The van der Waals surface area contributed by atoms with Gasteiger partial charge in [0.2, 0.25) is 0 Å². The molecular formula is C17H31LiN2O4. The summed E-state index contributed by atoms with van der Waals surface area (Å²) in [5.74, 6) is -0.721. The van der Waals surface area contributed by atoms with Gasteiger partial charge in [-0.1, -0.05) is 33.1 Å². The van der Waals surface area contributed by atoms with Crippen LogP contribution >= 0.6 is 0 Å². The van der Waals surface area contributed by atoms with E-state index >= 15 is 0 Å². The number of carbonyl (C=O) groups is 1. The predicted octanol–water partition coefficient (Wildman–Crippen LogP) is -0.663. The Morgan fingerprint density at radius 1 is 1.21 bits per heavy atom. The smallest absolute Gasteiger partial charge is 0.874 e. The fourth-order valence-electron chi connectivity index (χ4n) is 1.93. The van der Waals surface area contributed by atoms with Gasteiger partial charge in [-0.3, -0.25) is 0 Å². The second-order valence-electron chi connectivity index (χ2n) is 5.64. The van der Waals surface area contributed by atoms with E-state index in [-0.39, 0.29) is 30.4 Å². The zero-order valence-corrected chi connectivity index (χ0v) is 15.5. The third kappa shape index (κ3) is 12.2. The summed E-state index contributed by atoms with van der Waals surface area (Å²) in [5.41, 5.74) is 0. The van der Waals surface area contributed by atoms with Crippen LogP contribution in [0.25, 0.3) is 0 Å². The van der Waals surface area contributed by atoms with Crippen LogP contribution in [0, 0.1) is 0 Å². The standard InChI is InChI=1S/C17H32N2O4.Li/c1-4-6-8-15(20)12-18-10-11-19(14(3)17(22)23)13-16(21)9-7-5-2;/h12-14,18,20-21H,4-11H2,1-3H3,(H,22,23);/q;+1/p-1/b15-12-,16-13-;. The minimum atomic E-state index is -0.951. The van der Waals surface area contributed by atoms with E-state index in [0.29, 0.717) is 25.9 Å². The van der Waals surface area contributed by atoms with Gasteiger partial charge in [-0.25, -0.2) is 4.79 Å². The SMILES string of the molecule is CCCC/C([O-])=C/NCCN(/C=C(\O)CCCC)C(C)C(=O)O.[Li+]. The molecule has 0 spiro atoms. The van der Waals surface area contributed by atoms with E-state index in [1.807, 2.05) is 13.8 Å². The first-order valence-corrected chi connectivity index (χ1v) is 8.40. The van der Waals surface area contributed by atoms with Crippen LogP contribution in [0.4, 0.5) is 0 Å². The number of aliphatic hydroxyl groups excluding tert-OH is 1. The van der Waals surface area contributed by atoms with Gasteiger partial charge < -0.3 is 25.5 Å². The van der Waals surface area contributed by atoms with Crippen LogP contribution in [-0.4, -0.2) is 40.2 Å². The van der Waals surface area contributed by atoms with Crippen LogP contribution in [-0.2, 0) is 4.79 Å². The summed E-state index contributed by atoms with van der Waals surface area (Å²) in [5, 5.41) is 33.4. The Morgan fingerprint density at radius 2 is 1.79 bits per heavy atom. The maximum absolute atomic E-state index is 11.5. The van der Waals surface area contributed by atoms with Gasteiger partial charge in [0.15, 0.2) is 0 Å². The molecule has 7 heteroatoms. The van der Waals surface area contributed by atoms with Crippen LogP contribution < -0.4 is 29.3 Å². The van der Waals surface area contributed by atoms with Gasteiger partial charge in [0.1, 0.15) is 11.8 Å². The zero-order chi connectivity index (χ0) is 17.7. The summed E-state index contributed by atoms with van der Waals surface area (Å²) >= 11 is 0. The molecule has 134 valence electrons. The van der Waals surface area contributed by atoms with Gasteiger partial charge in [0.05, 0.1) is 0 Å². The van der Waals surface area contributed by atoms with Crippen molar-refractivity contribution in [1.82, 2.24) is 10.2 Å². The van der Waals surface area contributed by atoms with Crippen LogP contribution in [0.1, 0.15) is 59.3 Å². The monoisotopic (exact) mass is 334 g/mol. The quantitative estimate of drug-likeness (QED) is 0.235. The van der Waals surface area contributed by atoms with E-state index in [4.69, 9.17) is 5.11 Å². The van der Waals surface area contributed by atoms with Crippen molar-refractivity contribution in [1.29, 1.82) is 0 Å². The van der Waals surface area contributed by atoms with E-state index in [1.165, 1.54) is 12.4 Å². The van der Waals surface area contributed by atoms with E-state index in [1.54, 1.807) is 11.8 Å². The number of aliphatic carboxylic acids is 1. The van der Waals surface area contributed by atoms with Crippen LogP contribution in [0.2, 0.25) is 0 Å². The van der Waals surface area contributed by atoms with Crippen molar-refractivity contribution < 1.29 is 39.0 Å². The summed E-state index contributed by atoms with van der Waals surface area (Å²) < 4.78 is 0. The molecule has 0 rings (SSSR count). The second-order valence-corrected chi connectivity index (χ2v) is 5.64. The third-order valence-electron chi connectivity index (χ3n) is 3.51. The first kappa shape index (κ1) is 25.0. The van der Waals surface area contributed by atoms with Gasteiger partial charge in [-0.05, 0) is 26.0 Å². The van der Waals surface area contributed by atoms with Gasteiger partial charge in [0.25, 0.3) is 0 Å². The number of aliphatic hydroxyl groups is 1. The molecule has 0 aromatic carbocycles. The molecule has 0 fully saturated rings. The number of nitrogens with zero attached hydrogens (tertiary/aromatic N) is 1. The van der Waals surface area contributed by atoms with E-state index in [9.17, 15) is 15.0 Å². The molecule has 6 nitrogen and oxygen atoms in total. The number of rotatable bonds is 13. The largest absolute Gasteiger partial charge is 1.00 e. The van der Waals surface area contributed by atoms with Crippen LogP contribution in [0.3, 0.4) is 0 Å². The molecule has 0 bridgehead atoms. The molecule has 0 radical (unpaired) electrons. The topological polar surface area (TPSA) is 95.9 Å². The Morgan fingerprint density at radius 3 is 2.33 bits per heavy atom. The number of hydrogen-bond acceptors (Lipinski definition) is 5. The maximum atomic E-state index is 11.5. The van der Waals surface area contributed by atoms with Crippen molar-refractivity contribution >= 4 is 5.97 Å². The normalized spacial score (nSPS) is 13.1. The Hall–Kier alpha value is -1.25. The van der Waals surface area contributed by atoms with E-state index in [2.05, 4.69) is 5.32 Å². The summed E-state index contributed by atoms with van der Waals surface area (Å²) in [7, 11) is 0. The van der Waals surface area contributed by atoms with Gasteiger partial charge in [0, 0.05) is 25.7 Å². The number of carboxylic acids is 1. The van der Waals surface area contributed by atoms with Gasteiger partial charge >= 0.3 is 24.8 Å². The van der Waals surface area contributed by atoms with Crippen molar-refractivity contribution in [2.45, 2.75) is 65.3 Å². The molecule has 1 atom stereocenters. The molecule has 0 saturated carbocycles. The molecule has 0 saturated heterocycles. The average Bonchev–Trinajstić information content (AvgIpc) is 2.52. The predicted molar refractivity (Wildman–Crippen MR) is 89.7 cm³/mol. The summed E-state index contributed by atoms with van der Waals surface area (Å²) in [6.07, 6.45) is 7.66. The molecule has 0 aliphatic heterocycles. The number of allylic oxidation sites excluding steroid dienone is 2. The molecular weight excluding hydrogens is 303 g/mol. The van der Waals surface area contributed by atoms with E-state index in [0.717, 1.165) is 25.7 Å². The Bertz CT molecular complexity index is 400. The number of hydrogen-bond donors (Lipinski definition) is 3. The van der Waals surface area contributed by atoms with Crippen molar-refractivity contribution in [3.8, 4) is 0 Å². The fraction of sp³-hybridized carbons (Fsp3) is 0.706. The van der Waals surface area contributed by atoms with Crippen molar-refractivity contribution in [3.05, 3.63) is 23.9 Å². The maximum Gasteiger partial charge on any atom is 1.00 e. The Labute approximate surface area is 157 Å². The molecule has 0 heterocycles. The molecule has 1 unspecified atom stereocenters. The zero-order valence-electron chi connectivity index (χ0n) is 15.5. The average molecular weight is 334 g/mol. The van der Waals surface area contributed by atoms with E-state index < -0.39 is 12.0 Å². The Balaban J connectivity index is 0. The first-order chi connectivity index (χ1) is 10.9. The molecule has 0 aromatic heterocycles. The molecule has 3 N–H and O–H groups in total. The van der Waals surface area contributed by atoms with Crippen molar-refractivity contribution in [3.63, 3.8) is 0 Å². The second kappa shape index (κ2) is 15.3. The minimum absolute atomic E-state index is 0. The molecule has 0 amide bonds. The fourth-order valence-corrected chi connectivity index (χ4v) is 1.93. The third-order valence-corrected chi connectivity index (χ3v) is 3.51. The van der Waals surface area contributed by atoms with Gasteiger partial charge in [-0.2, -0.15) is 0 Å². The first-order valence-electron chi connectivity index (χ1n) is 8.40. The summed E-state index contributed by atoms with van der Waals surface area (Å²) in [6, 6.07) is -0.739.